The number of carbonyl (C=O) groups is 1. The Morgan fingerprint density at radius 2 is 0.400 bits per heavy atom. The molecule has 0 amide bonds. The van der Waals surface area contributed by atoms with Crippen LogP contribution in [0.1, 0.15) is 322 Å². The second kappa shape index (κ2) is 55.5. The first-order valence-corrected chi connectivity index (χ1v) is 26.0. The number of aliphatic hydroxyl groups excluding tert-OH is 1. The third-order valence-corrected chi connectivity index (χ3v) is 12.0. The van der Waals surface area contributed by atoms with Crippen molar-refractivity contribution >= 4 is 5.97 Å². The van der Waals surface area contributed by atoms with Crippen molar-refractivity contribution in [3.8, 4) is 0 Å². The van der Waals surface area contributed by atoms with Gasteiger partial charge in [0.05, 0.1) is 0 Å². The van der Waals surface area contributed by atoms with Crippen molar-refractivity contribution in [2.24, 2.45) is 0 Å². The predicted octanol–water partition coefficient (Wildman–Crippen LogP) is 18.8. The third kappa shape index (κ3) is 60.3. The Kier molecular flexibility index (Phi) is 57.1. The number of unbranched alkanes of at least 4 members (excludes halogenated alkanes) is 45. The standard InChI is InChI=1S/C26H52O2.C26H54O/c1-2-3-4-5-6-7-8-9-10-11-12-13-14-15-16-17-18-19-20-21-22-23-24-25-26(27)28;1-2-3-4-5-6-7-8-9-10-11-12-13-14-15-16-17-18-19-20-21-22-23-24-25-26-27/h2-25H2,1H3,(H,27,28);27H,2-26H2,1H3. The fourth-order valence-corrected chi connectivity index (χ4v) is 8.14. The van der Waals surface area contributed by atoms with Crippen LogP contribution < -0.4 is 0 Å². The predicted molar refractivity (Wildman–Crippen MR) is 248 cm³/mol. The molecule has 0 rings (SSSR count). The lowest BCUT2D eigenvalue weighted by atomic mass is 10.0. The molecule has 0 aliphatic rings. The Morgan fingerprint density at radius 3 is 0.545 bits per heavy atom. The van der Waals surface area contributed by atoms with Gasteiger partial charge >= 0.3 is 5.97 Å². The van der Waals surface area contributed by atoms with E-state index in [2.05, 4.69) is 13.8 Å². The van der Waals surface area contributed by atoms with E-state index < -0.39 is 5.97 Å². The molecule has 0 bridgehead atoms. The van der Waals surface area contributed by atoms with Gasteiger partial charge in [0, 0.05) is 13.0 Å². The summed E-state index contributed by atoms with van der Waals surface area (Å²) >= 11 is 0. The summed E-state index contributed by atoms with van der Waals surface area (Å²) < 4.78 is 0. The number of aliphatic carboxylic acids is 1. The van der Waals surface area contributed by atoms with Gasteiger partial charge in [-0.05, 0) is 12.8 Å². The largest absolute Gasteiger partial charge is 0.481 e. The van der Waals surface area contributed by atoms with Crippen molar-refractivity contribution in [1.82, 2.24) is 0 Å². The van der Waals surface area contributed by atoms with E-state index in [-0.39, 0.29) is 0 Å². The second-order valence-corrected chi connectivity index (χ2v) is 17.8. The van der Waals surface area contributed by atoms with Crippen LogP contribution in [-0.4, -0.2) is 22.8 Å². The SMILES string of the molecule is CCCCCCCCCCCCCCCCCCCCCCCCCC(=O)O.CCCCCCCCCCCCCCCCCCCCCCCCCCO. The molecule has 0 aromatic carbocycles. The number of hydrogen-bond acceptors (Lipinski definition) is 2. The van der Waals surface area contributed by atoms with E-state index in [1.165, 1.54) is 283 Å². The van der Waals surface area contributed by atoms with Gasteiger partial charge in [0.1, 0.15) is 0 Å². The van der Waals surface area contributed by atoms with Crippen LogP contribution in [0.25, 0.3) is 0 Å². The summed E-state index contributed by atoms with van der Waals surface area (Å²) in [5.74, 6) is -0.650. The molecular weight excluding hydrogens is 673 g/mol. The maximum atomic E-state index is 10.4. The van der Waals surface area contributed by atoms with E-state index in [1.807, 2.05) is 0 Å². The van der Waals surface area contributed by atoms with Gasteiger partial charge in [0.25, 0.3) is 0 Å². The van der Waals surface area contributed by atoms with E-state index in [0.29, 0.717) is 13.0 Å². The number of rotatable bonds is 48. The van der Waals surface area contributed by atoms with E-state index in [1.54, 1.807) is 0 Å². The van der Waals surface area contributed by atoms with Gasteiger partial charge in [-0.15, -0.1) is 0 Å². The molecule has 0 saturated carbocycles. The molecule has 0 radical (unpaired) electrons. The van der Waals surface area contributed by atoms with Gasteiger partial charge in [-0.3, -0.25) is 4.79 Å². The van der Waals surface area contributed by atoms with Crippen LogP contribution in [0.5, 0.6) is 0 Å². The topological polar surface area (TPSA) is 57.5 Å². The lowest BCUT2D eigenvalue weighted by molar-refractivity contribution is -0.137. The molecule has 332 valence electrons. The van der Waals surface area contributed by atoms with E-state index in [9.17, 15) is 4.79 Å². The molecule has 0 fully saturated rings. The summed E-state index contributed by atoms with van der Waals surface area (Å²) in [7, 11) is 0. The molecule has 0 aliphatic carbocycles. The zero-order valence-corrected chi connectivity index (χ0v) is 38.5. The number of hydrogen-bond donors (Lipinski definition) is 2. The molecule has 0 aromatic heterocycles. The smallest absolute Gasteiger partial charge is 0.303 e. The van der Waals surface area contributed by atoms with Gasteiger partial charge in [-0.1, -0.05) is 303 Å². The minimum absolute atomic E-state index is 0.346. The number of carboxylic acid groups (broad SMARTS) is 1. The van der Waals surface area contributed by atoms with Crippen molar-refractivity contribution in [3.63, 3.8) is 0 Å². The summed E-state index contributed by atoms with van der Waals surface area (Å²) in [4.78, 5) is 10.4. The highest BCUT2D eigenvalue weighted by molar-refractivity contribution is 5.66. The first-order chi connectivity index (χ1) is 27.2. The fraction of sp³-hybridized carbons (Fsp3) is 0.981. The molecule has 3 nitrogen and oxygen atoms in total. The van der Waals surface area contributed by atoms with Crippen LogP contribution >= 0.6 is 0 Å². The molecule has 0 unspecified atom stereocenters. The first-order valence-electron chi connectivity index (χ1n) is 26.0. The van der Waals surface area contributed by atoms with Crippen molar-refractivity contribution in [3.05, 3.63) is 0 Å². The van der Waals surface area contributed by atoms with Crippen LogP contribution in [0.15, 0.2) is 0 Å². The second-order valence-electron chi connectivity index (χ2n) is 17.8. The maximum Gasteiger partial charge on any atom is 0.303 e. The quantitative estimate of drug-likeness (QED) is 0.0605. The highest BCUT2D eigenvalue weighted by Crippen LogP contribution is 2.17. The number of carboxylic acids is 1. The zero-order valence-electron chi connectivity index (χ0n) is 38.5. The molecule has 2 N–H and O–H groups in total. The molecule has 55 heavy (non-hydrogen) atoms. The van der Waals surface area contributed by atoms with Crippen molar-refractivity contribution in [1.29, 1.82) is 0 Å². The molecular formula is C52H106O3. The lowest BCUT2D eigenvalue weighted by Gasteiger charge is -2.04. The molecule has 0 spiro atoms. The molecule has 0 aromatic rings. The van der Waals surface area contributed by atoms with Crippen LogP contribution in [0.4, 0.5) is 0 Å². The minimum atomic E-state index is -0.650. The van der Waals surface area contributed by atoms with Gasteiger partial charge in [-0.25, -0.2) is 0 Å². The molecule has 0 atom stereocenters. The normalized spacial score (nSPS) is 11.3. The highest BCUT2D eigenvalue weighted by Gasteiger charge is 1.99. The van der Waals surface area contributed by atoms with E-state index in [4.69, 9.17) is 10.2 Å². The summed E-state index contributed by atoms with van der Waals surface area (Å²) in [5.41, 5.74) is 0. The summed E-state index contributed by atoms with van der Waals surface area (Å²) in [5, 5.41) is 17.3. The van der Waals surface area contributed by atoms with E-state index in [0.717, 1.165) is 19.3 Å². The van der Waals surface area contributed by atoms with Gasteiger partial charge in [-0.2, -0.15) is 0 Å². The first kappa shape index (κ1) is 56.5. The fourth-order valence-electron chi connectivity index (χ4n) is 8.14. The lowest BCUT2D eigenvalue weighted by Crippen LogP contribution is -1.93. The Morgan fingerprint density at radius 1 is 0.255 bits per heavy atom. The number of aliphatic hydroxyl groups is 1. The third-order valence-electron chi connectivity index (χ3n) is 12.0. The van der Waals surface area contributed by atoms with Crippen LogP contribution in [-0.2, 0) is 4.79 Å². The maximum absolute atomic E-state index is 10.4. The van der Waals surface area contributed by atoms with Gasteiger partial charge in [0.15, 0.2) is 0 Å². The van der Waals surface area contributed by atoms with Crippen molar-refractivity contribution in [2.75, 3.05) is 6.61 Å². The monoisotopic (exact) mass is 779 g/mol. The van der Waals surface area contributed by atoms with Crippen molar-refractivity contribution < 1.29 is 15.0 Å². The Bertz CT molecular complexity index is 625. The van der Waals surface area contributed by atoms with Crippen LogP contribution in [0, 0.1) is 0 Å². The van der Waals surface area contributed by atoms with Gasteiger partial charge in [0.2, 0.25) is 0 Å². The van der Waals surface area contributed by atoms with Gasteiger partial charge < -0.3 is 10.2 Å². The van der Waals surface area contributed by atoms with Crippen LogP contribution in [0.2, 0.25) is 0 Å². The molecule has 0 saturated heterocycles. The average Bonchev–Trinajstić information content (AvgIpc) is 3.18. The van der Waals surface area contributed by atoms with Crippen LogP contribution in [0.3, 0.4) is 0 Å². The zero-order chi connectivity index (χ0) is 40.2. The highest BCUT2D eigenvalue weighted by atomic mass is 16.4. The van der Waals surface area contributed by atoms with Crippen molar-refractivity contribution in [2.45, 2.75) is 322 Å². The molecule has 0 aliphatic heterocycles. The Hall–Kier alpha value is -0.570. The average molecular weight is 779 g/mol. The Balaban J connectivity index is 0. The summed E-state index contributed by atoms with van der Waals surface area (Å²) in [6.07, 6.45) is 66.1. The van der Waals surface area contributed by atoms with E-state index >= 15 is 0 Å². The molecule has 0 heterocycles. The summed E-state index contributed by atoms with van der Waals surface area (Å²) in [6, 6.07) is 0. The summed E-state index contributed by atoms with van der Waals surface area (Å²) in [6.45, 7) is 4.96. The Labute approximate surface area is 348 Å². The minimum Gasteiger partial charge on any atom is -0.481 e. The molecule has 3 heteroatoms.